The monoisotopic (exact) mass is 531 g/mol. The minimum absolute atomic E-state index is 0.0839. The largest absolute Gasteiger partial charge is 0.493 e. The van der Waals surface area contributed by atoms with E-state index in [1.807, 2.05) is 48.7 Å². The first-order chi connectivity index (χ1) is 19.1. The van der Waals surface area contributed by atoms with Gasteiger partial charge in [0.15, 0.2) is 11.5 Å². The van der Waals surface area contributed by atoms with Gasteiger partial charge in [-0.2, -0.15) is 5.10 Å². The number of fused-ring (bicyclic) bond motifs is 1. The van der Waals surface area contributed by atoms with Crippen LogP contribution in [0.25, 0.3) is 16.6 Å². The van der Waals surface area contributed by atoms with Gasteiger partial charge in [-0.1, -0.05) is 0 Å². The van der Waals surface area contributed by atoms with Crippen molar-refractivity contribution in [3.8, 4) is 17.2 Å². The van der Waals surface area contributed by atoms with Crippen LogP contribution in [-0.4, -0.2) is 86.4 Å². The first-order valence-electron chi connectivity index (χ1n) is 12.9. The SMILES string of the molecule is COCCN(Cc1cc2cc(OC)c(OC)cc2nc1N1CCOCC1)C(=O)c1ccc(-n2cccn2)cc1. The number of aromatic nitrogens is 3. The number of hydrogen-bond acceptors (Lipinski definition) is 8. The van der Waals surface area contributed by atoms with Crippen molar-refractivity contribution in [2.24, 2.45) is 0 Å². The van der Waals surface area contributed by atoms with Gasteiger partial charge in [0.1, 0.15) is 5.82 Å². The van der Waals surface area contributed by atoms with Gasteiger partial charge in [-0.15, -0.1) is 0 Å². The van der Waals surface area contributed by atoms with Crippen molar-refractivity contribution in [3.05, 3.63) is 72.1 Å². The highest BCUT2D eigenvalue weighted by atomic mass is 16.5. The molecule has 2 aromatic heterocycles. The van der Waals surface area contributed by atoms with Gasteiger partial charge >= 0.3 is 0 Å². The van der Waals surface area contributed by atoms with Gasteiger partial charge in [0, 0.05) is 68.3 Å². The molecule has 2 aromatic carbocycles. The van der Waals surface area contributed by atoms with Crippen molar-refractivity contribution >= 4 is 22.6 Å². The number of amides is 1. The zero-order valence-corrected chi connectivity index (χ0v) is 22.5. The molecule has 1 aliphatic heterocycles. The van der Waals surface area contributed by atoms with Crippen molar-refractivity contribution in [3.63, 3.8) is 0 Å². The molecule has 1 aliphatic rings. The third-order valence-corrected chi connectivity index (χ3v) is 6.78. The summed E-state index contributed by atoms with van der Waals surface area (Å²) in [5, 5.41) is 5.17. The van der Waals surface area contributed by atoms with Crippen LogP contribution in [0.15, 0.2) is 60.9 Å². The van der Waals surface area contributed by atoms with Crippen molar-refractivity contribution < 1.29 is 23.7 Å². The molecule has 10 nitrogen and oxygen atoms in total. The van der Waals surface area contributed by atoms with Crippen LogP contribution in [0.1, 0.15) is 15.9 Å². The van der Waals surface area contributed by atoms with Crippen LogP contribution >= 0.6 is 0 Å². The minimum atomic E-state index is -0.0839. The second kappa shape index (κ2) is 12.1. The summed E-state index contributed by atoms with van der Waals surface area (Å²) in [5.41, 5.74) is 3.21. The average molecular weight is 532 g/mol. The fraction of sp³-hybridized carbons (Fsp3) is 0.345. The highest BCUT2D eigenvalue weighted by Crippen LogP contribution is 2.34. The lowest BCUT2D eigenvalue weighted by Crippen LogP contribution is -2.39. The molecule has 0 radical (unpaired) electrons. The number of ether oxygens (including phenoxy) is 4. The second-order valence-electron chi connectivity index (χ2n) is 9.19. The third-order valence-electron chi connectivity index (χ3n) is 6.78. The Morgan fingerprint density at radius 2 is 1.77 bits per heavy atom. The van der Waals surface area contributed by atoms with E-state index >= 15 is 0 Å². The molecule has 3 heterocycles. The number of hydrogen-bond donors (Lipinski definition) is 0. The lowest BCUT2D eigenvalue weighted by Gasteiger charge is -2.31. The van der Waals surface area contributed by atoms with Crippen LogP contribution < -0.4 is 14.4 Å². The number of morpholine rings is 1. The van der Waals surface area contributed by atoms with E-state index < -0.39 is 0 Å². The van der Waals surface area contributed by atoms with Crippen LogP contribution in [0.5, 0.6) is 11.5 Å². The van der Waals surface area contributed by atoms with Crippen LogP contribution in [-0.2, 0) is 16.0 Å². The molecular weight excluding hydrogens is 498 g/mol. The lowest BCUT2D eigenvalue weighted by atomic mass is 10.1. The van der Waals surface area contributed by atoms with Gasteiger partial charge in [-0.05, 0) is 42.5 Å². The smallest absolute Gasteiger partial charge is 0.254 e. The lowest BCUT2D eigenvalue weighted by molar-refractivity contribution is 0.0680. The zero-order chi connectivity index (χ0) is 27.2. The van der Waals surface area contributed by atoms with Gasteiger partial charge in [0.25, 0.3) is 5.91 Å². The number of pyridine rings is 1. The van der Waals surface area contributed by atoms with E-state index in [0.29, 0.717) is 50.0 Å². The van der Waals surface area contributed by atoms with E-state index in [4.69, 9.17) is 23.9 Å². The molecule has 10 heteroatoms. The predicted octanol–water partition coefficient (Wildman–Crippen LogP) is 3.56. The maximum atomic E-state index is 13.7. The van der Waals surface area contributed by atoms with Crippen LogP contribution in [0.4, 0.5) is 5.82 Å². The molecule has 1 amide bonds. The summed E-state index contributed by atoms with van der Waals surface area (Å²) in [4.78, 5) is 22.8. The fourth-order valence-electron chi connectivity index (χ4n) is 4.72. The number of methoxy groups -OCH3 is 3. The Labute approximate surface area is 227 Å². The van der Waals surface area contributed by atoms with Gasteiger partial charge < -0.3 is 28.7 Å². The van der Waals surface area contributed by atoms with E-state index in [1.54, 1.807) is 37.1 Å². The maximum absolute atomic E-state index is 13.7. The molecule has 204 valence electrons. The standard InChI is InChI=1S/C29H33N5O5/c1-36-14-11-33(29(35)21-5-7-24(8-6-21)34-10-4-9-30-34)20-23-17-22-18-26(37-2)27(38-3)19-25(22)31-28(23)32-12-15-39-16-13-32/h4-10,17-19H,11-16,20H2,1-3H3. The summed E-state index contributed by atoms with van der Waals surface area (Å²) in [7, 11) is 4.86. The number of anilines is 1. The summed E-state index contributed by atoms with van der Waals surface area (Å²) >= 11 is 0. The maximum Gasteiger partial charge on any atom is 0.254 e. The molecule has 4 aromatic rings. The summed E-state index contributed by atoms with van der Waals surface area (Å²) in [5.74, 6) is 2.00. The Kier molecular flexibility index (Phi) is 8.24. The highest BCUT2D eigenvalue weighted by Gasteiger charge is 2.23. The normalized spacial score (nSPS) is 13.5. The first-order valence-corrected chi connectivity index (χ1v) is 12.9. The molecule has 1 saturated heterocycles. The van der Waals surface area contributed by atoms with E-state index in [9.17, 15) is 4.79 Å². The van der Waals surface area contributed by atoms with Crippen LogP contribution in [0, 0.1) is 0 Å². The van der Waals surface area contributed by atoms with Gasteiger partial charge in [-0.3, -0.25) is 4.79 Å². The summed E-state index contributed by atoms with van der Waals surface area (Å²) in [6.45, 7) is 3.91. The Bertz CT molecular complexity index is 1400. The van der Waals surface area contributed by atoms with Gasteiger partial charge in [0.05, 0.1) is 45.2 Å². The molecular formula is C29H33N5O5. The molecule has 0 saturated carbocycles. The Balaban J connectivity index is 1.51. The molecule has 5 rings (SSSR count). The van der Waals surface area contributed by atoms with Crippen molar-refractivity contribution in [1.82, 2.24) is 19.7 Å². The first kappa shape index (κ1) is 26.5. The summed E-state index contributed by atoms with van der Waals surface area (Å²) in [6.07, 6.45) is 3.59. The quantitative estimate of drug-likeness (QED) is 0.307. The van der Waals surface area contributed by atoms with E-state index in [-0.39, 0.29) is 5.91 Å². The van der Waals surface area contributed by atoms with Crippen molar-refractivity contribution in [2.45, 2.75) is 6.54 Å². The summed E-state index contributed by atoms with van der Waals surface area (Å²) in [6, 6.07) is 15.2. The van der Waals surface area contributed by atoms with Crippen LogP contribution in [0.3, 0.4) is 0 Å². The van der Waals surface area contributed by atoms with E-state index in [1.165, 1.54) is 0 Å². The molecule has 1 fully saturated rings. The number of benzene rings is 2. The van der Waals surface area contributed by atoms with Crippen LogP contribution in [0.2, 0.25) is 0 Å². The minimum Gasteiger partial charge on any atom is -0.493 e. The average Bonchev–Trinajstić information content (AvgIpc) is 3.53. The predicted molar refractivity (Wildman–Crippen MR) is 148 cm³/mol. The summed E-state index contributed by atoms with van der Waals surface area (Å²) < 4.78 is 23.7. The molecule has 39 heavy (non-hydrogen) atoms. The molecule has 0 atom stereocenters. The van der Waals surface area contributed by atoms with Gasteiger partial charge in [0.2, 0.25) is 0 Å². The number of rotatable bonds is 10. The Morgan fingerprint density at radius 3 is 2.44 bits per heavy atom. The highest BCUT2D eigenvalue weighted by molar-refractivity contribution is 5.94. The fourth-order valence-corrected chi connectivity index (χ4v) is 4.72. The third kappa shape index (κ3) is 5.81. The molecule has 0 unspecified atom stereocenters. The number of carbonyl (C=O) groups excluding carboxylic acids is 1. The van der Waals surface area contributed by atoms with Crippen molar-refractivity contribution in [2.75, 3.05) is 65.7 Å². The van der Waals surface area contributed by atoms with Gasteiger partial charge in [-0.25, -0.2) is 9.67 Å². The Hall–Kier alpha value is -4.15. The number of carbonyl (C=O) groups is 1. The number of nitrogens with zero attached hydrogens (tertiary/aromatic N) is 5. The molecule has 0 spiro atoms. The zero-order valence-electron chi connectivity index (χ0n) is 22.5. The van der Waals surface area contributed by atoms with E-state index in [0.717, 1.165) is 41.1 Å². The molecule has 0 N–H and O–H groups in total. The molecule has 0 aliphatic carbocycles. The second-order valence-corrected chi connectivity index (χ2v) is 9.19. The van der Waals surface area contributed by atoms with E-state index in [2.05, 4.69) is 16.1 Å². The van der Waals surface area contributed by atoms with Crippen molar-refractivity contribution in [1.29, 1.82) is 0 Å². The Morgan fingerprint density at radius 1 is 1.03 bits per heavy atom. The molecule has 0 bridgehead atoms. The topological polar surface area (TPSA) is 91.2 Å².